The van der Waals surface area contributed by atoms with E-state index in [0.29, 0.717) is 0 Å². The third kappa shape index (κ3) is 3.52. The molecule has 210 valence electrons. The second-order valence-corrected chi connectivity index (χ2v) is 14.9. The van der Waals surface area contributed by atoms with E-state index >= 15 is 4.79 Å². The van der Waals surface area contributed by atoms with Crippen molar-refractivity contribution in [2.45, 2.75) is 55.4 Å². The first-order valence-electron chi connectivity index (χ1n) is 15.2. The number of carbonyl (C=O) groups is 1. The Kier molecular flexibility index (Phi) is 5.47. The topological polar surface area (TPSA) is 17.1 Å². The van der Waals surface area contributed by atoms with E-state index in [9.17, 15) is 0 Å². The molecule has 1 nitrogen and oxygen atoms in total. The lowest BCUT2D eigenvalue weighted by Gasteiger charge is -2.58. The molecule has 0 spiro atoms. The number of ketones is 1. The van der Waals surface area contributed by atoms with E-state index in [-0.39, 0.29) is 27.4 Å². The summed E-state index contributed by atoms with van der Waals surface area (Å²) in [5, 5.41) is 4.21. The average Bonchev–Trinajstić information content (AvgIpc) is 2.93. The molecule has 0 fully saturated rings. The van der Waals surface area contributed by atoms with Crippen molar-refractivity contribution in [3.8, 4) is 0 Å². The van der Waals surface area contributed by atoms with E-state index < -0.39 is 0 Å². The van der Waals surface area contributed by atoms with Crippen molar-refractivity contribution >= 4 is 27.3 Å². The Morgan fingerprint density at radius 3 is 1.64 bits per heavy atom. The predicted molar refractivity (Wildman–Crippen MR) is 177 cm³/mol. The summed E-state index contributed by atoms with van der Waals surface area (Å²) >= 11 is 0. The minimum atomic E-state index is -0.377. The van der Waals surface area contributed by atoms with Gasteiger partial charge in [0.25, 0.3) is 0 Å². The lowest BCUT2D eigenvalue weighted by atomic mass is 9.44. The van der Waals surface area contributed by atoms with Crippen LogP contribution in [-0.4, -0.2) is 5.78 Å². The van der Waals surface area contributed by atoms with Gasteiger partial charge in [-0.2, -0.15) is 0 Å². The van der Waals surface area contributed by atoms with Gasteiger partial charge in [0.1, 0.15) is 0 Å². The molecule has 3 aromatic rings. The van der Waals surface area contributed by atoms with Crippen LogP contribution in [0.2, 0.25) is 0 Å². The van der Waals surface area contributed by atoms with Crippen molar-refractivity contribution < 1.29 is 4.79 Å². The number of rotatable bonds is 2. The number of allylic oxidation sites excluding steroid dienone is 14. The van der Waals surface area contributed by atoms with Crippen LogP contribution in [0.3, 0.4) is 0 Å². The number of benzene rings is 3. The molecule has 2 atom stereocenters. The lowest BCUT2D eigenvalue weighted by Crippen LogP contribution is -2.49. The van der Waals surface area contributed by atoms with E-state index in [1.54, 1.807) is 0 Å². The van der Waals surface area contributed by atoms with E-state index in [4.69, 9.17) is 0 Å². The number of Topliss-reactive ketones (excluding diaryl/α,β-unsaturated/α-hetero) is 1. The number of hydrogen-bond acceptors (Lipinski definition) is 1. The van der Waals surface area contributed by atoms with Crippen molar-refractivity contribution in [1.82, 2.24) is 0 Å². The summed E-state index contributed by atoms with van der Waals surface area (Å²) in [6, 6.07) is 18.9. The summed E-state index contributed by atoms with van der Waals surface area (Å²) in [5.74, 6) is 0.107. The molecule has 0 unspecified atom stereocenters. The standard InChI is InChI=1S/C41H40O/c1-38(2,3)29-20-27-17-18-28-21-30(39(4,5)6)24-35-34(23-31(22-29)40(27,7)41(28,35)8)37(42)36-32-15-11-9-13-25(32)19-26-14-10-12-16-33(26)36/h9-24H,1-8H3/t40-,41-/m1/s1. The normalized spacial score (nSPS) is 25.0. The molecule has 0 saturated carbocycles. The zero-order valence-electron chi connectivity index (χ0n) is 26.1. The van der Waals surface area contributed by atoms with E-state index in [1.807, 2.05) is 12.1 Å². The number of carbonyl (C=O) groups excluding carboxylic acids is 1. The maximum atomic E-state index is 15.2. The first kappa shape index (κ1) is 26.9. The molecule has 0 N–H and O–H groups in total. The second-order valence-electron chi connectivity index (χ2n) is 14.9. The summed E-state index contributed by atoms with van der Waals surface area (Å²) in [7, 11) is 0. The summed E-state index contributed by atoms with van der Waals surface area (Å²) in [5.41, 5.74) is 8.45. The molecule has 0 heterocycles. The first-order chi connectivity index (χ1) is 19.7. The van der Waals surface area contributed by atoms with Gasteiger partial charge in [-0.1, -0.05) is 140 Å². The molecule has 3 aromatic carbocycles. The van der Waals surface area contributed by atoms with Crippen molar-refractivity contribution in [1.29, 1.82) is 0 Å². The Balaban J connectivity index is 1.60. The molecule has 0 amide bonds. The highest BCUT2D eigenvalue weighted by Gasteiger charge is 2.58. The smallest absolute Gasteiger partial charge is 0.194 e. The highest BCUT2D eigenvalue weighted by atomic mass is 16.1. The van der Waals surface area contributed by atoms with Crippen molar-refractivity contribution in [3.05, 3.63) is 142 Å². The van der Waals surface area contributed by atoms with Crippen LogP contribution < -0.4 is 0 Å². The van der Waals surface area contributed by atoms with Gasteiger partial charge in [0.15, 0.2) is 5.78 Å². The van der Waals surface area contributed by atoms with Crippen LogP contribution in [0, 0.1) is 21.7 Å². The predicted octanol–water partition coefficient (Wildman–Crippen LogP) is 10.8. The van der Waals surface area contributed by atoms with Crippen LogP contribution >= 0.6 is 0 Å². The van der Waals surface area contributed by atoms with Gasteiger partial charge < -0.3 is 0 Å². The van der Waals surface area contributed by atoms with Crippen LogP contribution in [0.5, 0.6) is 0 Å². The van der Waals surface area contributed by atoms with Gasteiger partial charge in [-0.05, 0) is 78.0 Å². The monoisotopic (exact) mass is 548 g/mol. The fourth-order valence-electron chi connectivity index (χ4n) is 7.60. The second kappa shape index (κ2) is 8.54. The highest BCUT2D eigenvalue weighted by Crippen LogP contribution is 2.67. The van der Waals surface area contributed by atoms with Crippen molar-refractivity contribution in [3.63, 3.8) is 0 Å². The molecular weight excluding hydrogens is 508 g/mol. The zero-order chi connectivity index (χ0) is 29.8. The molecule has 0 aromatic heterocycles. The molecule has 42 heavy (non-hydrogen) atoms. The third-order valence-corrected chi connectivity index (χ3v) is 10.5. The zero-order valence-corrected chi connectivity index (χ0v) is 26.1. The van der Waals surface area contributed by atoms with Gasteiger partial charge in [0.2, 0.25) is 0 Å². The highest BCUT2D eigenvalue weighted by molar-refractivity contribution is 6.26. The van der Waals surface area contributed by atoms with Gasteiger partial charge in [-0.25, -0.2) is 0 Å². The molecule has 0 radical (unpaired) electrons. The van der Waals surface area contributed by atoms with Crippen LogP contribution in [-0.2, 0) is 0 Å². The summed E-state index contributed by atoms with van der Waals surface area (Å²) in [6.07, 6.45) is 16.4. The maximum absolute atomic E-state index is 15.2. The number of fused-ring (bicyclic) bond motifs is 2. The molecule has 0 bridgehead atoms. The Morgan fingerprint density at radius 2 is 1.10 bits per heavy atom. The Bertz CT molecular complexity index is 1910. The third-order valence-electron chi connectivity index (χ3n) is 10.5. The summed E-state index contributed by atoms with van der Waals surface area (Å²) in [4.78, 5) is 15.2. The van der Waals surface area contributed by atoms with Gasteiger partial charge >= 0.3 is 0 Å². The maximum Gasteiger partial charge on any atom is 0.194 e. The fourth-order valence-corrected chi connectivity index (χ4v) is 7.60. The van der Waals surface area contributed by atoms with E-state index in [2.05, 4.69) is 140 Å². The number of hydrogen-bond donors (Lipinski definition) is 0. The van der Waals surface area contributed by atoms with Crippen LogP contribution in [0.1, 0.15) is 65.7 Å². The van der Waals surface area contributed by atoms with Gasteiger partial charge in [0.05, 0.1) is 0 Å². The SMILES string of the molecule is CC(C)(C)C1=CC2=CC(C(=O)c3c4ccccc4cc4ccccc34)=C3C=C(C(C)(C)C)C=C4C=CC(=C1)[C@@]2(C)[C@]43C. The molecule has 0 saturated heterocycles. The van der Waals surface area contributed by atoms with Crippen LogP contribution in [0.4, 0.5) is 0 Å². The Morgan fingerprint density at radius 1 is 0.595 bits per heavy atom. The fraction of sp³-hybridized carbons (Fsp3) is 0.293. The van der Waals surface area contributed by atoms with E-state index in [1.165, 1.54) is 27.9 Å². The molecule has 4 aliphatic rings. The lowest BCUT2D eigenvalue weighted by molar-refractivity contribution is 0.103. The van der Waals surface area contributed by atoms with Crippen LogP contribution in [0.15, 0.2) is 136 Å². The van der Waals surface area contributed by atoms with E-state index in [0.717, 1.165) is 38.3 Å². The van der Waals surface area contributed by atoms with Crippen LogP contribution in [0.25, 0.3) is 21.5 Å². The minimum absolute atomic E-state index is 0.00803. The molecule has 7 rings (SSSR count). The van der Waals surface area contributed by atoms with Gasteiger partial charge in [0, 0.05) is 22.0 Å². The minimum Gasteiger partial charge on any atom is -0.289 e. The van der Waals surface area contributed by atoms with Crippen molar-refractivity contribution in [2.75, 3.05) is 0 Å². The largest absolute Gasteiger partial charge is 0.289 e. The molecule has 0 aliphatic heterocycles. The molecule has 4 aliphatic carbocycles. The molecule has 1 heteroatoms. The molecular formula is C41H40O. The summed E-state index contributed by atoms with van der Waals surface area (Å²) in [6.45, 7) is 18.4. The van der Waals surface area contributed by atoms with Crippen molar-refractivity contribution in [2.24, 2.45) is 21.7 Å². The summed E-state index contributed by atoms with van der Waals surface area (Å²) < 4.78 is 0. The van der Waals surface area contributed by atoms with Gasteiger partial charge in [-0.3, -0.25) is 4.79 Å². The Hall–Kier alpha value is -3.97. The Labute approximate surface area is 250 Å². The average molecular weight is 549 g/mol. The first-order valence-corrected chi connectivity index (χ1v) is 15.2. The van der Waals surface area contributed by atoms with Gasteiger partial charge in [-0.15, -0.1) is 0 Å². The quantitative estimate of drug-likeness (QED) is 0.230.